The van der Waals surface area contributed by atoms with Gasteiger partial charge in [0.1, 0.15) is 0 Å². The van der Waals surface area contributed by atoms with E-state index < -0.39 is 0 Å². The molecule has 0 aliphatic rings. The Hall–Kier alpha value is -2.15. The fourth-order valence-corrected chi connectivity index (χ4v) is 2.07. The number of hydrogen-bond donors (Lipinski definition) is 0. The third-order valence-electron chi connectivity index (χ3n) is 2.86. The molecule has 0 fully saturated rings. The maximum atomic E-state index is 10.7. The summed E-state index contributed by atoms with van der Waals surface area (Å²) in [6.07, 6.45) is 1.93. The number of rotatable bonds is 1. The van der Waals surface area contributed by atoms with Gasteiger partial charge in [0.15, 0.2) is 0 Å². The highest BCUT2D eigenvalue weighted by atomic mass is 16.1. The van der Waals surface area contributed by atoms with Gasteiger partial charge in [0.2, 0.25) is 6.29 Å². The van der Waals surface area contributed by atoms with Crippen LogP contribution in [0.15, 0.2) is 54.6 Å². The Kier molecular flexibility index (Phi) is 1.97. The summed E-state index contributed by atoms with van der Waals surface area (Å²) in [7, 11) is 0. The van der Waals surface area contributed by atoms with Crippen LogP contribution in [0.4, 0.5) is 0 Å². The molecular formula is C15H9O. The van der Waals surface area contributed by atoms with Crippen LogP contribution >= 0.6 is 0 Å². The van der Waals surface area contributed by atoms with Gasteiger partial charge in [0.25, 0.3) is 0 Å². The van der Waals surface area contributed by atoms with E-state index in [4.69, 9.17) is 0 Å². The van der Waals surface area contributed by atoms with Crippen molar-refractivity contribution in [3.05, 3.63) is 60.2 Å². The van der Waals surface area contributed by atoms with Crippen molar-refractivity contribution < 1.29 is 4.79 Å². The molecule has 3 rings (SSSR count). The number of benzene rings is 3. The van der Waals surface area contributed by atoms with E-state index in [1.54, 1.807) is 6.07 Å². The fourth-order valence-electron chi connectivity index (χ4n) is 2.07. The number of hydrogen-bond acceptors (Lipinski definition) is 1. The summed E-state index contributed by atoms with van der Waals surface area (Å²) in [5, 5.41) is 4.63. The van der Waals surface area contributed by atoms with Gasteiger partial charge in [-0.15, -0.1) is 0 Å². The molecule has 0 unspecified atom stereocenters. The van der Waals surface area contributed by atoms with Crippen molar-refractivity contribution in [3.63, 3.8) is 0 Å². The van der Waals surface area contributed by atoms with Crippen LogP contribution in [-0.2, 0) is 4.79 Å². The molecule has 0 amide bonds. The Bertz CT molecular complexity index is 683. The molecule has 1 nitrogen and oxygen atoms in total. The molecule has 16 heavy (non-hydrogen) atoms. The molecule has 0 spiro atoms. The highest BCUT2D eigenvalue weighted by molar-refractivity contribution is 6.08. The predicted octanol–water partition coefficient (Wildman–Crippen LogP) is 3.45. The minimum atomic E-state index is 0.601. The van der Waals surface area contributed by atoms with E-state index >= 15 is 0 Å². The molecule has 0 aliphatic heterocycles. The molecule has 1 heteroatoms. The highest BCUT2D eigenvalue weighted by Crippen LogP contribution is 2.25. The van der Waals surface area contributed by atoms with E-state index in [0.717, 1.165) is 10.8 Å². The molecule has 0 saturated heterocycles. The lowest BCUT2D eigenvalue weighted by atomic mass is 10.0. The van der Waals surface area contributed by atoms with Crippen LogP contribution in [0.5, 0.6) is 0 Å². The van der Waals surface area contributed by atoms with Gasteiger partial charge in [-0.1, -0.05) is 48.5 Å². The summed E-state index contributed by atoms with van der Waals surface area (Å²) in [5.41, 5.74) is 0.601. The second-order valence-corrected chi connectivity index (χ2v) is 3.82. The zero-order valence-electron chi connectivity index (χ0n) is 8.60. The van der Waals surface area contributed by atoms with Crippen LogP contribution in [0.25, 0.3) is 21.5 Å². The van der Waals surface area contributed by atoms with E-state index in [0.29, 0.717) is 5.56 Å². The van der Waals surface area contributed by atoms with E-state index in [2.05, 4.69) is 24.3 Å². The first-order chi connectivity index (χ1) is 7.88. The van der Waals surface area contributed by atoms with Gasteiger partial charge in [0, 0.05) is 5.56 Å². The second kappa shape index (κ2) is 3.46. The SMILES string of the molecule is O=[C]c1ccc2ccc3ccccc3c2c1. The first-order valence-corrected chi connectivity index (χ1v) is 5.18. The van der Waals surface area contributed by atoms with Gasteiger partial charge >= 0.3 is 0 Å². The van der Waals surface area contributed by atoms with E-state index in [1.165, 1.54) is 10.8 Å². The molecule has 0 atom stereocenters. The maximum Gasteiger partial charge on any atom is 0.233 e. The molecule has 0 aromatic heterocycles. The zero-order valence-corrected chi connectivity index (χ0v) is 8.60. The van der Waals surface area contributed by atoms with Crippen molar-refractivity contribution in [2.24, 2.45) is 0 Å². The molecule has 75 valence electrons. The Balaban J connectivity index is 2.52. The largest absolute Gasteiger partial charge is 0.285 e. The third-order valence-corrected chi connectivity index (χ3v) is 2.86. The van der Waals surface area contributed by atoms with Crippen molar-refractivity contribution in [2.45, 2.75) is 0 Å². The number of fused-ring (bicyclic) bond motifs is 3. The smallest absolute Gasteiger partial charge is 0.233 e. The average Bonchev–Trinajstić information content (AvgIpc) is 2.38. The van der Waals surface area contributed by atoms with Gasteiger partial charge in [-0.05, 0) is 27.6 Å². The summed E-state index contributed by atoms with van der Waals surface area (Å²) < 4.78 is 0. The fraction of sp³-hybridized carbons (Fsp3) is 0. The van der Waals surface area contributed by atoms with Crippen LogP contribution in [0.1, 0.15) is 5.56 Å². The summed E-state index contributed by atoms with van der Waals surface area (Å²) >= 11 is 0. The van der Waals surface area contributed by atoms with Crippen molar-refractivity contribution in [1.82, 2.24) is 0 Å². The summed E-state index contributed by atoms with van der Waals surface area (Å²) in [4.78, 5) is 10.7. The molecule has 0 N–H and O–H groups in total. The minimum absolute atomic E-state index is 0.601. The Morgan fingerprint density at radius 2 is 1.44 bits per heavy atom. The lowest BCUT2D eigenvalue weighted by molar-refractivity contribution is 0.563. The third kappa shape index (κ3) is 1.29. The summed E-state index contributed by atoms with van der Waals surface area (Å²) in [5.74, 6) is 0. The van der Waals surface area contributed by atoms with Crippen LogP contribution < -0.4 is 0 Å². The number of carbonyl (C=O) groups excluding carboxylic acids is 1. The molecule has 0 aliphatic carbocycles. The minimum Gasteiger partial charge on any atom is -0.285 e. The quantitative estimate of drug-likeness (QED) is 0.556. The maximum absolute atomic E-state index is 10.7. The van der Waals surface area contributed by atoms with Gasteiger partial charge in [-0.2, -0.15) is 0 Å². The Labute approximate surface area is 93.3 Å². The van der Waals surface area contributed by atoms with Gasteiger partial charge < -0.3 is 0 Å². The molecule has 3 aromatic rings. The van der Waals surface area contributed by atoms with Crippen LogP contribution in [0, 0.1) is 0 Å². The first kappa shape index (κ1) is 9.10. The van der Waals surface area contributed by atoms with Crippen LogP contribution in [0.2, 0.25) is 0 Å². The van der Waals surface area contributed by atoms with Crippen molar-refractivity contribution in [1.29, 1.82) is 0 Å². The standard InChI is InChI=1S/C15H9O/c16-10-11-5-6-13-8-7-12-3-1-2-4-14(12)15(13)9-11/h1-9H. The van der Waals surface area contributed by atoms with Crippen molar-refractivity contribution >= 4 is 27.8 Å². The molecule has 0 bridgehead atoms. The van der Waals surface area contributed by atoms with Gasteiger partial charge in [-0.25, -0.2) is 0 Å². The summed E-state index contributed by atoms with van der Waals surface area (Å²) in [6.45, 7) is 0. The van der Waals surface area contributed by atoms with E-state index in [-0.39, 0.29) is 0 Å². The topological polar surface area (TPSA) is 17.1 Å². The van der Waals surface area contributed by atoms with Crippen LogP contribution in [0.3, 0.4) is 0 Å². The predicted molar refractivity (Wildman–Crippen MR) is 66.2 cm³/mol. The second-order valence-electron chi connectivity index (χ2n) is 3.82. The average molecular weight is 205 g/mol. The van der Waals surface area contributed by atoms with E-state index in [1.807, 2.05) is 30.6 Å². The Morgan fingerprint density at radius 3 is 2.25 bits per heavy atom. The monoisotopic (exact) mass is 205 g/mol. The van der Waals surface area contributed by atoms with Crippen molar-refractivity contribution in [2.75, 3.05) is 0 Å². The van der Waals surface area contributed by atoms with Crippen LogP contribution in [-0.4, -0.2) is 6.29 Å². The van der Waals surface area contributed by atoms with Crippen molar-refractivity contribution in [3.8, 4) is 0 Å². The molecular weight excluding hydrogens is 196 g/mol. The molecule has 1 radical (unpaired) electrons. The normalized spacial score (nSPS) is 10.8. The zero-order chi connectivity index (χ0) is 11.0. The van der Waals surface area contributed by atoms with Gasteiger partial charge in [0.05, 0.1) is 0 Å². The molecule has 3 aromatic carbocycles. The van der Waals surface area contributed by atoms with Gasteiger partial charge in [-0.3, -0.25) is 4.79 Å². The van der Waals surface area contributed by atoms with E-state index in [9.17, 15) is 4.79 Å². The first-order valence-electron chi connectivity index (χ1n) is 5.18. The summed E-state index contributed by atoms with van der Waals surface area (Å²) in [6, 6.07) is 18.0. The lowest BCUT2D eigenvalue weighted by Crippen LogP contribution is -1.82. The highest BCUT2D eigenvalue weighted by Gasteiger charge is 2.00. The molecule has 0 saturated carbocycles. The molecule has 0 heterocycles. The Morgan fingerprint density at radius 1 is 0.750 bits per heavy atom. The lowest BCUT2D eigenvalue weighted by Gasteiger charge is -2.03.